The number of fused-ring (bicyclic) bond motifs is 1. The average molecular weight is 517 g/mol. The van der Waals surface area contributed by atoms with Gasteiger partial charge in [0.15, 0.2) is 0 Å². The van der Waals surface area contributed by atoms with E-state index in [0.29, 0.717) is 28.2 Å². The third kappa shape index (κ3) is 6.21. The predicted octanol–water partition coefficient (Wildman–Crippen LogP) is 5.37. The number of anilines is 3. The van der Waals surface area contributed by atoms with Crippen molar-refractivity contribution in [1.29, 1.82) is 0 Å². The number of carbonyl (C=O) groups is 1. The molecule has 0 aliphatic carbocycles. The summed E-state index contributed by atoms with van der Waals surface area (Å²) in [5.74, 6) is -0.240. The second-order valence-electron chi connectivity index (χ2n) is 9.72. The lowest BCUT2D eigenvalue weighted by molar-refractivity contribution is -0.110. The number of hydrogen-bond donors (Lipinski definition) is 3. The Kier molecular flexibility index (Phi) is 7.30. The third-order valence-corrected chi connectivity index (χ3v) is 7.31. The molecule has 5 rings (SSSR count). The third-order valence-electron chi connectivity index (χ3n) is 6.71. The van der Waals surface area contributed by atoms with Crippen molar-refractivity contribution < 1.29 is 13.2 Å². The van der Waals surface area contributed by atoms with Gasteiger partial charge in [-0.3, -0.25) is 14.4 Å². The van der Waals surface area contributed by atoms with Gasteiger partial charge in [0.25, 0.3) is 5.91 Å². The van der Waals surface area contributed by atoms with Crippen molar-refractivity contribution in [3.8, 4) is 0 Å². The molecule has 0 aromatic heterocycles. The molecule has 1 amide bonds. The topological polar surface area (TPSA) is 90.5 Å². The van der Waals surface area contributed by atoms with Gasteiger partial charge in [-0.15, -0.1) is 0 Å². The standard InChI is InChI=1S/C29H32N4O3S/c1-37(35,36)32-24-15-16-26-25(19-24)27(29(34)31-26)28(22-9-5-4-6-10-22)30-23-13-11-21(12-14-23)20-33-17-7-2-3-8-18-33/h4-6,9-16,19,30,32H,2-3,7-8,17-18,20H2,1H3,(H,31,34)/b28-27-. The number of amides is 1. The highest BCUT2D eigenvalue weighted by Gasteiger charge is 2.29. The minimum absolute atomic E-state index is 0.240. The van der Waals surface area contributed by atoms with Crippen LogP contribution in [0.2, 0.25) is 0 Å². The predicted molar refractivity (Wildman–Crippen MR) is 151 cm³/mol. The van der Waals surface area contributed by atoms with E-state index in [1.807, 2.05) is 42.5 Å². The summed E-state index contributed by atoms with van der Waals surface area (Å²) in [5.41, 5.74) is 5.81. The summed E-state index contributed by atoms with van der Waals surface area (Å²) in [6.07, 6.45) is 6.27. The monoisotopic (exact) mass is 516 g/mol. The lowest BCUT2D eigenvalue weighted by atomic mass is 9.99. The summed E-state index contributed by atoms with van der Waals surface area (Å²) in [6, 6.07) is 23.1. The van der Waals surface area contributed by atoms with Crippen LogP contribution in [0, 0.1) is 0 Å². The van der Waals surface area contributed by atoms with E-state index < -0.39 is 10.0 Å². The van der Waals surface area contributed by atoms with Crippen LogP contribution in [-0.4, -0.2) is 38.6 Å². The molecule has 0 spiro atoms. The maximum absolute atomic E-state index is 13.2. The number of likely N-dealkylation sites (tertiary alicyclic amines) is 1. The van der Waals surface area contributed by atoms with Crippen LogP contribution in [0.5, 0.6) is 0 Å². The van der Waals surface area contributed by atoms with Gasteiger partial charge in [0.05, 0.1) is 17.5 Å². The van der Waals surface area contributed by atoms with Crippen molar-refractivity contribution in [3.63, 3.8) is 0 Å². The molecule has 3 aromatic rings. The van der Waals surface area contributed by atoms with E-state index in [1.165, 1.54) is 31.2 Å². The highest BCUT2D eigenvalue weighted by Crippen LogP contribution is 2.39. The van der Waals surface area contributed by atoms with E-state index in [9.17, 15) is 13.2 Å². The number of sulfonamides is 1. The van der Waals surface area contributed by atoms with Gasteiger partial charge in [-0.25, -0.2) is 8.42 Å². The van der Waals surface area contributed by atoms with Crippen LogP contribution in [0.15, 0.2) is 72.8 Å². The Morgan fingerprint density at radius 3 is 2.24 bits per heavy atom. The molecule has 0 radical (unpaired) electrons. The summed E-state index contributed by atoms with van der Waals surface area (Å²) in [6.45, 7) is 3.24. The molecule has 8 heteroatoms. The minimum atomic E-state index is -3.45. The molecule has 2 heterocycles. The van der Waals surface area contributed by atoms with Gasteiger partial charge in [0.2, 0.25) is 10.0 Å². The number of carbonyl (C=O) groups excluding carboxylic acids is 1. The summed E-state index contributed by atoms with van der Waals surface area (Å²) < 4.78 is 26.1. The number of nitrogens with one attached hydrogen (secondary N) is 3. The van der Waals surface area contributed by atoms with Gasteiger partial charge in [-0.1, -0.05) is 55.3 Å². The van der Waals surface area contributed by atoms with Crippen molar-refractivity contribution in [3.05, 3.63) is 89.5 Å². The zero-order valence-electron chi connectivity index (χ0n) is 21.0. The van der Waals surface area contributed by atoms with Crippen LogP contribution in [-0.2, 0) is 21.4 Å². The first-order valence-electron chi connectivity index (χ1n) is 12.7. The molecule has 3 N–H and O–H groups in total. The number of nitrogens with zero attached hydrogens (tertiary/aromatic N) is 1. The fourth-order valence-electron chi connectivity index (χ4n) is 4.97. The van der Waals surface area contributed by atoms with Crippen LogP contribution in [0.25, 0.3) is 11.3 Å². The highest BCUT2D eigenvalue weighted by atomic mass is 32.2. The fourth-order valence-corrected chi connectivity index (χ4v) is 5.52. The molecular formula is C29H32N4O3S. The maximum atomic E-state index is 13.2. The van der Waals surface area contributed by atoms with Crippen molar-refractivity contribution in [2.24, 2.45) is 0 Å². The van der Waals surface area contributed by atoms with E-state index in [2.05, 4.69) is 32.4 Å². The van der Waals surface area contributed by atoms with Gasteiger partial charge in [0.1, 0.15) is 0 Å². The van der Waals surface area contributed by atoms with Gasteiger partial charge in [-0.2, -0.15) is 0 Å². The largest absolute Gasteiger partial charge is 0.354 e. The molecule has 2 aliphatic heterocycles. The van der Waals surface area contributed by atoms with Crippen molar-refractivity contribution in [1.82, 2.24) is 4.90 Å². The molecule has 0 bridgehead atoms. The lowest BCUT2D eigenvalue weighted by Gasteiger charge is -2.20. The highest BCUT2D eigenvalue weighted by molar-refractivity contribution is 7.92. The van der Waals surface area contributed by atoms with Crippen LogP contribution < -0.4 is 15.4 Å². The number of rotatable bonds is 7. The van der Waals surface area contributed by atoms with Crippen LogP contribution in [0.4, 0.5) is 17.1 Å². The molecule has 0 unspecified atom stereocenters. The van der Waals surface area contributed by atoms with Crippen molar-refractivity contribution in [2.75, 3.05) is 34.7 Å². The minimum Gasteiger partial charge on any atom is -0.354 e. The summed E-state index contributed by atoms with van der Waals surface area (Å²) in [7, 11) is -3.45. The molecule has 2 aliphatic rings. The molecule has 0 atom stereocenters. The quantitative estimate of drug-likeness (QED) is 0.368. The van der Waals surface area contributed by atoms with Gasteiger partial charge < -0.3 is 10.6 Å². The number of hydrogen-bond acceptors (Lipinski definition) is 5. The zero-order chi connectivity index (χ0) is 25.8. The average Bonchev–Trinajstić information content (AvgIpc) is 3.02. The van der Waals surface area contributed by atoms with Gasteiger partial charge in [0, 0.05) is 29.2 Å². The Balaban J connectivity index is 1.48. The van der Waals surface area contributed by atoms with Gasteiger partial charge in [-0.05, 0) is 67.4 Å². The Morgan fingerprint density at radius 2 is 1.57 bits per heavy atom. The second kappa shape index (κ2) is 10.8. The van der Waals surface area contributed by atoms with E-state index in [1.54, 1.807) is 18.2 Å². The Bertz CT molecular complexity index is 1410. The van der Waals surface area contributed by atoms with Crippen LogP contribution >= 0.6 is 0 Å². The first-order valence-corrected chi connectivity index (χ1v) is 14.6. The van der Waals surface area contributed by atoms with E-state index in [4.69, 9.17) is 0 Å². The summed E-state index contributed by atoms with van der Waals surface area (Å²) in [4.78, 5) is 15.7. The molecular weight excluding hydrogens is 484 g/mol. The molecule has 0 saturated carbocycles. The normalized spacial score (nSPS) is 17.5. The Morgan fingerprint density at radius 1 is 0.892 bits per heavy atom. The second-order valence-corrected chi connectivity index (χ2v) is 11.5. The molecule has 1 fully saturated rings. The van der Waals surface area contributed by atoms with E-state index >= 15 is 0 Å². The SMILES string of the molecule is CS(=O)(=O)Nc1ccc2c(c1)/C(=C(/Nc1ccc(CN3CCCCCC3)cc1)c1ccccc1)C(=O)N2. The molecule has 7 nitrogen and oxygen atoms in total. The van der Waals surface area contributed by atoms with Crippen LogP contribution in [0.3, 0.4) is 0 Å². The Hall–Kier alpha value is -3.62. The van der Waals surface area contributed by atoms with Gasteiger partial charge >= 0.3 is 0 Å². The first-order chi connectivity index (χ1) is 17.9. The molecule has 192 valence electrons. The van der Waals surface area contributed by atoms with Crippen molar-refractivity contribution >= 4 is 44.3 Å². The molecule has 37 heavy (non-hydrogen) atoms. The number of benzene rings is 3. The summed E-state index contributed by atoms with van der Waals surface area (Å²) in [5, 5.41) is 6.40. The maximum Gasteiger partial charge on any atom is 0.258 e. The van der Waals surface area contributed by atoms with E-state index in [-0.39, 0.29) is 5.91 Å². The molecule has 1 saturated heterocycles. The Labute approximate surface area is 218 Å². The zero-order valence-corrected chi connectivity index (χ0v) is 21.8. The lowest BCUT2D eigenvalue weighted by Crippen LogP contribution is -2.23. The van der Waals surface area contributed by atoms with Crippen molar-refractivity contribution in [2.45, 2.75) is 32.2 Å². The van der Waals surface area contributed by atoms with E-state index in [0.717, 1.165) is 37.1 Å². The molecule has 3 aromatic carbocycles. The first kappa shape index (κ1) is 25.0. The smallest absolute Gasteiger partial charge is 0.258 e. The van der Waals surface area contributed by atoms with Crippen LogP contribution in [0.1, 0.15) is 42.4 Å². The summed E-state index contributed by atoms with van der Waals surface area (Å²) >= 11 is 0. The fraction of sp³-hybridized carbons (Fsp3) is 0.276.